The van der Waals surface area contributed by atoms with Crippen LogP contribution in [0.5, 0.6) is 0 Å². The third-order valence-corrected chi connectivity index (χ3v) is 4.66. The number of carbonyl (C=O) groups excluding carboxylic acids is 1. The summed E-state index contributed by atoms with van der Waals surface area (Å²) in [5, 5.41) is 3.15. The van der Waals surface area contributed by atoms with E-state index < -0.39 is 0 Å². The Kier molecular flexibility index (Phi) is 5.81. The average molecular weight is 283 g/mol. The number of nitrogens with zero attached hydrogens (tertiary/aromatic N) is 1. The van der Waals surface area contributed by atoms with Crippen molar-refractivity contribution in [3.63, 3.8) is 0 Å². The molecule has 116 valence electrons. The first kappa shape index (κ1) is 15.7. The van der Waals surface area contributed by atoms with Crippen molar-refractivity contribution < 1.29 is 9.53 Å². The van der Waals surface area contributed by atoms with Gasteiger partial charge >= 0.3 is 0 Å². The lowest BCUT2D eigenvalue weighted by Gasteiger charge is -2.34. The van der Waals surface area contributed by atoms with Crippen LogP contribution in [0.25, 0.3) is 0 Å². The Balaban J connectivity index is 1.77. The van der Waals surface area contributed by atoms with Crippen LogP contribution in [0, 0.1) is 11.8 Å². The Labute approximate surface area is 122 Å². The Hall–Kier alpha value is -0.650. The number of amides is 1. The first-order valence-corrected chi connectivity index (χ1v) is 7.94. The largest absolute Gasteiger partial charge is 0.379 e. The summed E-state index contributed by atoms with van der Waals surface area (Å²) in [6.07, 6.45) is 3.20. The van der Waals surface area contributed by atoms with Gasteiger partial charge < -0.3 is 15.8 Å². The molecule has 0 radical (unpaired) electrons. The Morgan fingerprint density at radius 3 is 2.80 bits per heavy atom. The van der Waals surface area contributed by atoms with E-state index in [1.807, 2.05) is 0 Å². The second kappa shape index (κ2) is 7.38. The summed E-state index contributed by atoms with van der Waals surface area (Å²) in [6.45, 7) is 8.64. The van der Waals surface area contributed by atoms with Crippen molar-refractivity contribution in [2.45, 2.75) is 45.2 Å². The normalized spacial score (nSPS) is 33.6. The second-order valence-electron chi connectivity index (χ2n) is 6.41. The minimum atomic E-state index is -0.00844. The second-order valence-corrected chi connectivity index (χ2v) is 6.41. The van der Waals surface area contributed by atoms with Crippen LogP contribution < -0.4 is 11.1 Å². The van der Waals surface area contributed by atoms with Crippen LogP contribution >= 0.6 is 0 Å². The molecular weight excluding hydrogens is 254 g/mol. The zero-order chi connectivity index (χ0) is 14.5. The van der Waals surface area contributed by atoms with Crippen molar-refractivity contribution in [3.05, 3.63) is 0 Å². The van der Waals surface area contributed by atoms with Gasteiger partial charge in [0.05, 0.1) is 19.1 Å². The summed E-state index contributed by atoms with van der Waals surface area (Å²) in [7, 11) is 0. The highest BCUT2D eigenvalue weighted by atomic mass is 16.5. The molecular formula is C15H29N3O2. The van der Waals surface area contributed by atoms with Crippen LogP contribution in [0.3, 0.4) is 0 Å². The quantitative estimate of drug-likeness (QED) is 0.792. The van der Waals surface area contributed by atoms with Crippen LogP contribution in [0.4, 0.5) is 0 Å². The topological polar surface area (TPSA) is 67.6 Å². The number of hydrogen-bond acceptors (Lipinski definition) is 4. The minimum Gasteiger partial charge on any atom is -0.379 e. The maximum atomic E-state index is 12.4. The van der Waals surface area contributed by atoms with Gasteiger partial charge in [0.25, 0.3) is 0 Å². The van der Waals surface area contributed by atoms with Crippen molar-refractivity contribution in [1.29, 1.82) is 0 Å². The summed E-state index contributed by atoms with van der Waals surface area (Å²) in [4.78, 5) is 14.7. The first-order valence-electron chi connectivity index (χ1n) is 7.94. The van der Waals surface area contributed by atoms with E-state index in [-0.39, 0.29) is 23.9 Å². The Morgan fingerprint density at radius 2 is 2.10 bits per heavy atom. The molecule has 0 aromatic rings. The first-order chi connectivity index (χ1) is 9.58. The highest BCUT2D eigenvalue weighted by molar-refractivity contribution is 5.79. The van der Waals surface area contributed by atoms with Gasteiger partial charge in [-0.1, -0.05) is 13.3 Å². The number of morpholine rings is 1. The molecule has 2 aliphatic rings. The number of nitrogens with one attached hydrogen (secondary N) is 1. The zero-order valence-corrected chi connectivity index (χ0v) is 12.8. The molecule has 1 saturated heterocycles. The van der Waals surface area contributed by atoms with E-state index in [0.717, 1.165) is 52.1 Å². The molecule has 1 saturated carbocycles. The standard InChI is InChI=1S/C15H29N3O2/c1-11-4-3-5-13(14(11)16)15(19)17-12(2)10-18-6-8-20-9-7-18/h11-14H,3-10,16H2,1-2H3,(H,17,19). The summed E-state index contributed by atoms with van der Waals surface area (Å²) < 4.78 is 5.34. The highest BCUT2D eigenvalue weighted by Gasteiger charge is 2.33. The van der Waals surface area contributed by atoms with E-state index in [1.54, 1.807) is 0 Å². The van der Waals surface area contributed by atoms with E-state index in [4.69, 9.17) is 10.5 Å². The molecule has 1 heterocycles. The highest BCUT2D eigenvalue weighted by Crippen LogP contribution is 2.27. The van der Waals surface area contributed by atoms with E-state index in [9.17, 15) is 4.79 Å². The van der Waals surface area contributed by atoms with Crippen LogP contribution in [-0.4, -0.2) is 55.7 Å². The molecule has 0 spiro atoms. The van der Waals surface area contributed by atoms with E-state index in [2.05, 4.69) is 24.1 Å². The molecule has 3 N–H and O–H groups in total. The number of hydrogen-bond donors (Lipinski definition) is 2. The third kappa shape index (κ3) is 4.17. The minimum absolute atomic E-state index is 0.00844. The lowest BCUT2D eigenvalue weighted by molar-refractivity contribution is -0.127. The Morgan fingerprint density at radius 1 is 1.40 bits per heavy atom. The van der Waals surface area contributed by atoms with Crippen molar-refractivity contribution in [2.75, 3.05) is 32.8 Å². The molecule has 1 aliphatic heterocycles. The number of nitrogens with two attached hydrogens (primary N) is 1. The zero-order valence-electron chi connectivity index (χ0n) is 12.8. The predicted molar refractivity (Wildman–Crippen MR) is 79.3 cm³/mol. The molecule has 0 aromatic heterocycles. The van der Waals surface area contributed by atoms with Gasteiger partial charge in [0.1, 0.15) is 0 Å². The van der Waals surface area contributed by atoms with Gasteiger partial charge in [-0.25, -0.2) is 0 Å². The van der Waals surface area contributed by atoms with Gasteiger partial charge in [0.2, 0.25) is 5.91 Å². The molecule has 2 rings (SSSR count). The molecule has 0 bridgehead atoms. The predicted octanol–water partition coefficient (Wildman–Crippen LogP) is 0.587. The molecule has 1 amide bonds. The molecule has 5 nitrogen and oxygen atoms in total. The van der Waals surface area contributed by atoms with Gasteiger partial charge in [0.15, 0.2) is 0 Å². The Bertz CT molecular complexity index is 318. The van der Waals surface area contributed by atoms with E-state index >= 15 is 0 Å². The number of ether oxygens (including phenoxy) is 1. The molecule has 20 heavy (non-hydrogen) atoms. The van der Waals surface area contributed by atoms with Gasteiger partial charge in [0, 0.05) is 31.7 Å². The summed E-state index contributed by atoms with van der Waals surface area (Å²) >= 11 is 0. The van der Waals surface area contributed by atoms with Gasteiger partial charge in [-0.2, -0.15) is 0 Å². The maximum Gasteiger partial charge on any atom is 0.224 e. The fourth-order valence-electron chi connectivity index (χ4n) is 3.31. The molecule has 0 aromatic carbocycles. The van der Waals surface area contributed by atoms with Crippen molar-refractivity contribution in [3.8, 4) is 0 Å². The van der Waals surface area contributed by atoms with Crippen LogP contribution in [0.1, 0.15) is 33.1 Å². The van der Waals surface area contributed by atoms with Gasteiger partial charge in [-0.05, 0) is 25.7 Å². The maximum absolute atomic E-state index is 12.4. The SMILES string of the molecule is CC(CN1CCOCC1)NC(=O)C1CCCC(C)C1N. The third-order valence-electron chi connectivity index (χ3n) is 4.66. The van der Waals surface area contributed by atoms with E-state index in [1.165, 1.54) is 0 Å². The fraction of sp³-hybridized carbons (Fsp3) is 0.933. The molecule has 4 unspecified atom stereocenters. The van der Waals surface area contributed by atoms with Crippen LogP contribution in [0.15, 0.2) is 0 Å². The van der Waals surface area contributed by atoms with Gasteiger partial charge in [-0.15, -0.1) is 0 Å². The van der Waals surface area contributed by atoms with Crippen molar-refractivity contribution in [2.24, 2.45) is 17.6 Å². The smallest absolute Gasteiger partial charge is 0.224 e. The lowest BCUT2D eigenvalue weighted by Crippen LogP contribution is -2.52. The van der Waals surface area contributed by atoms with Gasteiger partial charge in [-0.3, -0.25) is 9.69 Å². The van der Waals surface area contributed by atoms with E-state index in [0.29, 0.717) is 5.92 Å². The monoisotopic (exact) mass is 283 g/mol. The van der Waals surface area contributed by atoms with Crippen molar-refractivity contribution >= 4 is 5.91 Å². The molecule has 1 aliphatic carbocycles. The lowest BCUT2D eigenvalue weighted by atomic mass is 9.78. The number of rotatable bonds is 4. The fourth-order valence-corrected chi connectivity index (χ4v) is 3.31. The number of carbonyl (C=O) groups is 1. The molecule has 4 atom stereocenters. The average Bonchev–Trinajstić information content (AvgIpc) is 2.42. The summed E-state index contributed by atoms with van der Waals surface area (Å²) in [5.74, 6) is 0.588. The van der Waals surface area contributed by atoms with Crippen LogP contribution in [-0.2, 0) is 9.53 Å². The molecule has 5 heteroatoms. The van der Waals surface area contributed by atoms with Crippen LogP contribution in [0.2, 0.25) is 0 Å². The summed E-state index contributed by atoms with van der Waals surface area (Å²) in [6, 6.07) is 0.185. The molecule has 2 fully saturated rings. The summed E-state index contributed by atoms with van der Waals surface area (Å²) in [5.41, 5.74) is 6.20. The van der Waals surface area contributed by atoms with Crippen molar-refractivity contribution in [1.82, 2.24) is 10.2 Å².